The van der Waals surface area contributed by atoms with E-state index in [1.54, 1.807) is 11.8 Å². The van der Waals surface area contributed by atoms with Crippen molar-refractivity contribution in [2.75, 3.05) is 7.11 Å². The van der Waals surface area contributed by atoms with Crippen molar-refractivity contribution in [1.82, 2.24) is 5.32 Å². The second-order valence-electron chi connectivity index (χ2n) is 3.98. The Morgan fingerprint density at radius 3 is 2.39 bits per heavy atom. The summed E-state index contributed by atoms with van der Waals surface area (Å²) in [7, 11) is 1.18. The van der Waals surface area contributed by atoms with Crippen LogP contribution in [-0.4, -0.2) is 24.2 Å². The van der Waals surface area contributed by atoms with Gasteiger partial charge in [-0.25, -0.2) is 4.79 Å². The first-order valence-electron chi connectivity index (χ1n) is 5.64. The zero-order valence-electron chi connectivity index (χ0n) is 10.7. The van der Waals surface area contributed by atoms with Gasteiger partial charge in [-0.15, -0.1) is 11.8 Å². The summed E-state index contributed by atoms with van der Waals surface area (Å²) in [4.78, 5) is 23.2. The highest BCUT2D eigenvalue weighted by molar-refractivity contribution is 7.99. The van der Waals surface area contributed by atoms with Gasteiger partial charge in [0.2, 0.25) is 0 Å². The van der Waals surface area contributed by atoms with Crippen molar-refractivity contribution >= 4 is 23.6 Å². The summed E-state index contributed by atoms with van der Waals surface area (Å²) in [6, 6.07) is 7.87. The van der Waals surface area contributed by atoms with Gasteiger partial charge in [-0.1, -0.05) is 26.0 Å². The number of nitrogens with one attached hydrogen (secondary N) is 1. The molecule has 0 heterocycles. The van der Waals surface area contributed by atoms with Crippen molar-refractivity contribution in [3.05, 3.63) is 29.8 Å². The topological polar surface area (TPSA) is 55.4 Å². The molecule has 0 unspecified atom stereocenters. The summed E-state index contributed by atoms with van der Waals surface area (Å²) in [6.07, 6.45) is 0. The van der Waals surface area contributed by atoms with Gasteiger partial charge in [0.1, 0.15) is 0 Å². The van der Waals surface area contributed by atoms with Crippen LogP contribution in [0.3, 0.4) is 0 Å². The van der Waals surface area contributed by atoms with Gasteiger partial charge in [-0.05, 0) is 17.7 Å². The normalized spacial score (nSPS) is 10.2. The quantitative estimate of drug-likeness (QED) is 0.515. The van der Waals surface area contributed by atoms with Crippen LogP contribution in [0.1, 0.15) is 19.4 Å². The monoisotopic (exact) mass is 267 g/mol. The lowest BCUT2D eigenvalue weighted by Gasteiger charge is -2.07. The maximum atomic E-state index is 11.2. The Kier molecular flexibility index (Phi) is 5.71. The number of amides is 1. The third kappa shape index (κ3) is 4.79. The highest BCUT2D eigenvalue weighted by Gasteiger charge is 2.12. The summed E-state index contributed by atoms with van der Waals surface area (Å²) in [5.74, 6) is -1.60. The number of carbonyl (C=O) groups excluding carboxylic acids is 2. The second-order valence-corrected chi connectivity index (χ2v) is 5.63. The number of benzene rings is 1. The molecule has 18 heavy (non-hydrogen) atoms. The lowest BCUT2D eigenvalue weighted by Crippen LogP contribution is -2.31. The molecule has 0 bridgehead atoms. The first-order chi connectivity index (χ1) is 8.52. The van der Waals surface area contributed by atoms with Crippen molar-refractivity contribution < 1.29 is 14.3 Å². The molecule has 1 N–H and O–H groups in total. The fourth-order valence-corrected chi connectivity index (χ4v) is 2.14. The Morgan fingerprint density at radius 2 is 1.89 bits per heavy atom. The van der Waals surface area contributed by atoms with Crippen molar-refractivity contribution in [2.45, 2.75) is 30.5 Å². The summed E-state index contributed by atoms with van der Waals surface area (Å²) in [5, 5.41) is 3.03. The first-order valence-corrected chi connectivity index (χ1v) is 6.52. The van der Waals surface area contributed by atoms with Crippen LogP contribution < -0.4 is 5.32 Å². The minimum absolute atomic E-state index is 0.320. The average Bonchev–Trinajstić information content (AvgIpc) is 2.36. The Bertz CT molecular complexity index is 415. The van der Waals surface area contributed by atoms with E-state index in [4.69, 9.17) is 0 Å². The molecule has 5 heteroatoms. The van der Waals surface area contributed by atoms with Gasteiger partial charge >= 0.3 is 11.9 Å². The minimum Gasteiger partial charge on any atom is -0.462 e. The molecule has 0 atom stereocenters. The zero-order chi connectivity index (χ0) is 13.5. The molecule has 1 aromatic carbocycles. The third-order valence-corrected chi connectivity index (χ3v) is 3.13. The fraction of sp³-hybridized carbons (Fsp3) is 0.385. The van der Waals surface area contributed by atoms with Crippen LogP contribution in [0.2, 0.25) is 0 Å². The van der Waals surface area contributed by atoms with Gasteiger partial charge in [-0.2, -0.15) is 0 Å². The number of carbonyl (C=O) groups is 2. The van der Waals surface area contributed by atoms with E-state index in [0.29, 0.717) is 11.8 Å². The van der Waals surface area contributed by atoms with E-state index in [9.17, 15) is 9.59 Å². The van der Waals surface area contributed by atoms with E-state index in [-0.39, 0.29) is 0 Å². The standard InChI is InChI=1S/C13H17NO3S/c1-9(2)18-11-6-4-10(5-7-11)8-14-12(15)13(16)17-3/h4-7,9H,8H2,1-3H3,(H,14,15). The number of rotatable bonds is 4. The molecule has 1 rings (SSSR count). The largest absolute Gasteiger partial charge is 0.462 e. The van der Waals surface area contributed by atoms with E-state index in [0.717, 1.165) is 5.56 Å². The van der Waals surface area contributed by atoms with Crippen LogP contribution in [0.4, 0.5) is 0 Å². The predicted octanol–water partition coefficient (Wildman–Crippen LogP) is 1.98. The highest BCUT2D eigenvalue weighted by Crippen LogP contribution is 2.22. The average molecular weight is 267 g/mol. The molecule has 0 aliphatic carbocycles. The van der Waals surface area contributed by atoms with Crippen molar-refractivity contribution in [1.29, 1.82) is 0 Å². The van der Waals surface area contributed by atoms with Gasteiger partial charge in [0.05, 0.1) is 7.11 Å². The smallest absolute Gasteiger partial charge is 0.396 e. The SMILES string of the molecule is COC(=O)C(=O)NCc1ccc(SC(C)C)cc1. The lowest BCUT2D eigenvalue weighted by molar-refractivity contribution is -0.152. The number of thioether (sulfide) groups is 1. The lowest BCUT2D eigenvalue weighted by atomic mass is 10.2. The van der Waals surface area contributed by atoms with Crippen LogP contribution in [0.5, 0.6) is 0 Å². The molecule has 0 spiro atoms. The van der Waals surface area contributed by atoms with Gasteiger partial charge in [0, 0.05) is 16.7 Å². The highest BCUT2D eigenvalue weighted by atomic mass is 32.2. The fourth-order valence-electron chi connectivity index (χ4n) is 1.31. The summed E-state index contributed by atoms with van der Waals surface area (Å²) in [6.45, 7) is 4.59. The third-order valence-electron chi connectivity index (χ3n) is 2.12. The zero-order valence-corrected chi connectivity index (χ0v) is 11.5. The second kappa shape index (κ2) is 7.06. The van der Waals surface area contributed by atoms with Crippen molar-refractivity contribution in [3.8, 4) is 0 Å². The van der Waals surface area contributed by atoms with Gasteiger partial charge in [0.25, 0.3) is 0 Å². The summed E-state index contributed by atoms with van der Waals surface area (Å²) in [5.41, 5.74) is 0.945. The molecule has 0 radical (unpaired) electrons. The molecule has 0 saturated heterocycles. The van der Waals surface area contributed by atoms with Crippen molar-refractivity contribution in [3.63, 3.8) is 0 Å². The Hall–Kier alpha value is -1.49. The van der Waals surface area contributed by atoms with Crippen LogP contribution in [0.25, 0.3) is 0 Å². The molecule has 0 fully saturated rings. The van der Waals surface area contributed by atoms with Crippen LogP contribution in [0, 0.1) is 0 Å². The Labute approximate surface area is 111 Å². The van der Waals surface area contributed by atoms with Gasteiger partial charge in [-0.3, -0.25) is 4.79 Å². The number of methoxy groups -OCH3 is 1. The molecule has 0 aromatic heterocycles. The molecule has 1 aromatic rings. The molecule has 98 valence electrons. The van der Waals surface area contributed by atoms with Crippen LogP contribution in [0.15, 0.2) is 29.2 Å². The molecule has 0 saturated carbocycles. The Balaban J connectivity index is 2.49. The van der Waals surface area contributed by atoms with Crippen LogP contribution >= 0.6 is 11.8 Å². The van der Waals surface area contributed by atoms with E-state index >= 15 is 0 Å². The van der Waals surface area contributed by atoms with Crippen molar-refractivity contribution in [2.24, 2.45) is 0 Å². The maximum absolute atomic E-state index is 11.2. The molecular weight excluding hydrogens is 250 g/mol. The first kappa shape index (κ1) is 14.6. The van der Waals surface area contributed by atoms with E-state index in [1.165, 1.54) is 12.0 Å². The number of ether oxygens (including phenoxy) is 1. The minimum atomic E-state index is -0.873. The summed E-state index contributed by atoms with van der Waals surface area (Å²) < 4.78 is 4.31. The van der Waals surface area contributed by atoms with E-state index < -0.39 is 11.9 Å². The molecule has 0 aliphatic heterocycles. The Morgan fingerprint density at radius 1 is 1.28 bits per heavy atom. The maximum Gasteiger partial charge on any atom is 0.396 e. The number of hydrogen-bond acceptors (Lipinski definition) is 4. The predicted molar refractivity (Wildman–Crippen MR) is 71.3 cm³/mol. The molecule has 4 nitrogen and oxygen atoms in total. The molecule has 1 amide bonds. The summed E-state index contributed by atoms with van der Waals surface area (Å²) >= 11 is 1.78. The number of esters is 1. The molecular formula is C13H17NO3S. The van der Waals surface area contributed by atoms with Crippen LogP contribution in [-0.2, 0) is 20.9 Å². The van der Waals surface area contributed by atoms with E-state index in [1.807, 2.05) is 24.3 Å². The van der Waals surface area contributed by atoms with Gasteiger partial charge in [0.15, 0.2) is 0 Å². The van der Waals surface area contributed by atoms with Gasteiger partial charge < -0.3 is 10.1 Å². The number of hydrogen-bond donors (Lipinski definition) is 1. The molecule has 0 aliphatic rings. The van der Waals surface area contributed by atoms with E-state index in [2.05, 4.69) is 23.9 Å².